The predicted octanol–water partition coefficient (Wildman–Crippen LogP) is 2.54. The van der Waals surface area contributed by atoms with E-state index in [9.17, 15) is 4.39 Å². The number of hydrogen-bond acceptors (Lipinski definition) is 7. The lowest BCUT2D eigenvalue weighted by Crippen LogP contribution is -1.96. The number of anilines is 1. The number of nitrogen functional groups attached to an aromatic ring is 1. The number of aromatic nitrogens is 4. The summed E-state index contributed by atoms with van der Waals surface area (Å²) in [4.78, 5) is 13.1. The molecule has 2 aromatic heterocycles. The Labute approximate surface area is 123 Å². The molecule has 0 aliphatic carbocycles. The average Bonchev–Trinajstić information content (AvgIpc) is 2.96. The minimum Gasteiger partial charge on any atom is -0.382 e. The molecule has 0 radical (unpaired) electrons. The smallest absolute Gasteiger partial charge is 0.280 e. The minimum atomic E-state index is -0.265. The molecule has 0 unspecified atom stereocenters. The Morgan fingerprint density at radius 3 is 2.67 bits per heavy atom. The first kappa shape index (κ1) is 13.5. The molecule has 8 heteroatoms. The first-order valence-electron chi connectivity index (χ1n) is 6.00. The van der Waals surface area contributed by atoms with E-state index in [0.29, 0.717) is 17.3 Å². The molecule has 0 amide bonds. The summed E-state index contributed by atoms with van der Waals surface area (Å²) in [6.07, 6.45) is 2.99. The van der Waals surface area contributed by atoms with Gasteiger partial charge in [0.05, 0.1) is 5.75 Å². The van der Waals surface area contributed by atoms with E-state index in [0.717, 1.165) is 4.90 Å². The lowest BCUT2D eigenvalue weighted by Gasteiger charge is -1.97. The van der Waals surface area contributed by atoms with Crippen LogP contribution in [0.1, 0.15) is 5.82 Å². The van der Waals surface area contributed by atoms with Crippen molar-refractivity contribution in [3.63, 3.8) is 0 Å². The van der Waals surface area contributed by atoms with Gasteiger partial charge in [-0.3, -0.25) is 0 Å². The molecule has 0 aliphatic rings. The van der Waals surface area contributed by atoms with E-state index in [2.05, 4.69) is 20.1 Å². The van der Waals surface area contributed by atoms with Crippen molar-refractivity contribution in [2.75, 3.05) is 5.73 Å². The van der Waals surface area contributed by atoms with E-state index in [1.165, 1.54) is 36.3 Å². The van der Waals surface area contributed by atoms with Gasteiger partial charge in [-0.2, -0.15) is 4.98 Å². The zero-order valence-corrected chi connectivity index (χ0v) is 11.5. The summed E-state index contributed by atoms with van der Waals surface area (Å²) >= 11 is 1.48. The quantitative estimate of drug-likeness (QED) is 0.740. The first-order valence-corrected chi connectivity index (χ1v) is 6.99. The van der Waals surface area contributed by atoms with E-state index in [1.807, 2.05) is 0 Å². The number of rotatable bonds is 4. The Bertz CT molecular complexity index is 746. The van der Waals surface area contributed by atoms with Crippen LogP contribution in [-0.2, 0) is 5.75 Å². The SMILES string of the molecule is Nc1nccnc1-c1nc(CSc2ccc(F)cc2)no1. The van der Waals surface area contributed by atoms with Crippen LogP contribution in [0.15, 0.2) is 46.1 Å². The van der Waals surface area contributed by atoms with Crippen LogP contribution in [0.25, 0.3) is 11.6 Å². The van der Waals surface area contributed by atoms with Gasteiger partial charge in [0.25, 0.3) is 5.89 Å². The molecule has 0 fully saturated rings. The van der Waals surface area contributed by atoms with Crippen LogP contribution >= 0.6 is 11.8 Å². The van der Waals surface area contributed by atoms with Crippen molar-refractivity contribution in [3.8, 4) is 11.6 Å². The Balaban J connectivity index is 1.71. The number of nitrogens with zero attached hydrogens (tertiary/aromatic N) is 4. The van der Waals surface area contributed by atoms with Crippen LogP contribution in [0.4, 0.5) is 10.2 Å². The van der Waals surface area contributed by atoms with Gasteiger partial charge in [-0.25, -0.2) is 14.4 Å². The zero-order chi connectivity index (χ0) is 14.7. The highest BCUT2D eigenvalue weighted by atomic mass is 32.2. The van der Waals surface area contributed by atoms with E-state index in [-0.39, 0.29) is 17.5 Å². The second kappa shape index (κ2) is 5.88. The van der Waals surface area contributed by atoms with Crippen LogP contribution in [-0.4, -0.2) is 20.1 Å². The minimum absolute atomic E-state index is 0.232. The largest absolute Gasteiger partial charge is 0.382 e. The monoisotopic (exact) mass is 303 g/mol. The van der Waals surface area contributed by atoms with Gasteiger partial charge in [0.1, 0.15) is 5.82 Å². The second-order valence-corrected chi connectivity index (χ2v) is 5.10. The van der Waals surface area contributed by atoms with Gasteiger partial charge < -0.3 is 10.3 Å². The van der Waals surface area contributed by atoms with Crippen LogP contribution in [0, 0.1) is 5.82 Å². The van der Waals surface area contributed by atoms with Crippen molar-refractivity contribution >= 4 is 17.6 Å². The summed E-state index contributed by atoms with van der Waals surface area (Å²) in [5.74, 6) is 1.20. The lowest BCUT2D eigenvalue weighted by molar-refractivity contribution is 0.424. The summed E-state index contributed by atoms with van der Waals surface area (Å²) in [7, 11) is 0. The third kappa shape index (κ3) is 3.16. The van der Waals surface area contributed by atoms with E-state index < -0.39 is 0 Å². The van der Waals surface area contributed by atoms with Gasteiger partial charge in [0.2, 0.25) is 0 Å². The van der Waals surface area contributed by atoms with Gasteiger partial charge in [0.15, 0.2) is 17.3 Å². The van der Waals surface area contributed by atoms with Crippen molar-refractivity contribution in [1.29, 1.82) is 0 Å². The van der Waals surface area contributed by atoms with Gasteiger partial charge >= 0.3 is 0 Å². The average molecular weight is 303 g/mol. The maximum atomic E-state index is 12.8. The van der Waals surface area contributed by atoms with Crippen molar-refractivity contribution in [1.82, 2.24) is 20.1 Å². The molecule has 0 bridgehead atoms. The number of benzene rings is 1. The summed E-state index contributed by atoms with van der Waals surface area (Å²) in [6.45, 7) is 0. The number of hydrogen-bond donors (Lipinski definition) is 1. The topological polar surface area (TPSA) is 90.7 Å². The molecule has 0 spiro atoms. The van der Waals surface area contributed by atoms with Gasteiger partial charge in [-0.15, -0.1) is 11.8 Å². The highest BCUT2D eigenvalue weighted by Gasteiger charge is 2.13. The van der Waals surface area contributed by atoms with Crippen LogP contribution < -0.4 is 5.73 Å². The van der Waals surface area contributed by atoms with Gasteiger partial charge in [0, 0.05) is 17.3 Å². The molecule has 0 saturated heterocycles. The highest BCUT2D eigenvalue weighted by Crippen LogP contribution is 2.24. The Morgan fingerprint density at radius 1 is 1.14 bits per heavy atom. The fourth-order valence-corrected chi connectivity index (χ4v) is 2.34. The molecule has 0 atom stereocenters. The summed E-state index contributed by atoms with van der Waals surface area (Å²) in [5, 5.41) is 3.86. The van der Waals surface area contributed by atoms with Gasteiger partial charge in [-0.1, -0.05) is 5.16 Å². The number of halogens is 1. The third-order valence-corrected chi connectivity index (χ3v) is 3.59. The van der Waals surface area contributed by atoms with Crippen molar-refractivity contribution in [2.45, 2.75) is 10.6 Å². The Morgan fingerprint density at radius 2 is 1.90 bits per heavy atom. The molecule has 6 nitrogen and oxygen atoms in total. The van der Waals surface area contributed by atoms with E-state index >= 15 is 0 Å². The number of thioether (sulfide) groups is 1. The molecule has 0 aliphatic heterocycles. The highest BCUT2D eigenvalue weighted by molar-refractivity contribution is 7.98. The molecule has 1 aromatic carbocycles. The molecule has 3 aromatic rings. The molecule has 106 valence electrons. The second-order valence-electron chi connectivity index (χ2n) is 4.05. The Kier molecular flexibility index (Phi) is 3.78. The summed E-state index contributed by atoms with van der Waals surface area (Å²) in [6, 6.07) is 6.21. The van der Waals surface area contributed by atoms with E-state index in [1.54, 1.807) is 12.1 Å². The normalized spacial score (nSPS) is 10.7. The third-order valence-electron chi connectivity index (χ3n) is 2.58. The van der Waals surface area contributed by atoms with Crippen molar-refractivity contribution in [3.05, 3.63) is 48.3 Å². The lowest BCUT2D eigenvalue weighted by atomic mass is 10.4. The molecule has 2 heterocycles. The van der Waals surface area contributed by atoms with Gasteiger partial charge in [-0.05, 0) is 24.3 Å². The maximum absolute atomic E-state index is 12.8. The molecular weight excluding hydrogens is 293 g/mol. The fourth-order valence-electron chi connectivity index (χ4n) is 1.60. The molecular formula is C13H10FN5OS. The fraction of sp³-hybridized carbons (Fsp3) is 0.0769. The Hall–Kier alpha value is -2.48. The molecule has 0 saturated carbocycles. The van der Waals surface area contributed by atoms with Crippen LogP contribution in [0.3, 0.4) is 0 Å². The number of nitrogens with two attached hydrogens (primary N) is 1. The van der Waals surface area contributed by atoms with Crippen molar-refractivity contribution in [2.24, 2.45) is 0 Å². The van der Waals surface area contributed by atoms with Crippen LogP contribution in [0.5, 0.6) is 0 Å². The summed E-state index contributed by atoms with van der Waals surface area (Å²) < 4.78 is 17.9. The first-order chi connectivity index (χ1) is 10.2. The van der Waals surface area contributed by atoms with E-state index in [4.69, 9.17) is 10.3 Å². The maximum Gasteiger partial charge on any atom is 0.280 e. The standard InChI is InChI=1S/C13H10FN5OS/c14-8-1-3-9(4-2-8)21-7-10-18-13(20-19-10)11-12(15)17-6-5-16-11/h1-6H,7H2,(H2,15,17). The van der Waals surface area contributed by atoms with Crippen molar-refractivity contribution < 1.29 is 8.91 Å². The predicted molar refractivity (Wildman–Crippen MR) is 75.7 cm³/mol. The zero-order valence-electron chi connectivity index (χ0n) is 10.7. The summed E-state index contributed by atoms with van der Waals surface area (Å²) in [5.41, 5.74) is 6.06. The molecule has 3 rings (SSSR count). The molecule has 2 N–H and O–H groups in total. The molecule has 21 heavy (non-hydrogen) atoms. The van der Waals surface area contributed by atoms with Crippen LogP contribution in [0.2, 0.25) is 0 Å².